The molecule has 0 fully saturated rings. The Morgan fingerprint density at radius 3 is 2.32 bits per heavy atom. The number of anilines is 2. The molecule has 0 aliphatic carbocycles. The number of halogens is 3. The summed E-state index contributed by atoms with van der Waals surface area (Å²) < 4.78 is 40.3. The van der Waals surface area contributed by atoms with Crippen molar-refractivity contribution in [1.82, 2.24) is 9.38 Å². The van der Waals surface area contributed by atoms with Gasteiger partial charge in [-0.25, -0.2) is 4.98 Å². The molecule has 0 saturated heterocycles. The maximum Gasteiger partial charge on any atom is 0.417 e. The number of amides is 1. The highest BCUT2D eigenvalue weighted by Gasteiger charge is 2.31. The first-order valence-corrected chi connectivity index (χ1v) is 8.96. The summed E-state index contributed by atoms with van der Waals surface area (Å²) in [6.07, 6.45) is -3.60. The lowest BCUT2D eigenvalue weighted by Gasteiger charge is -2.21. The summed E-state index contributed by atoms with van der Waals surface area (Å²) in [7, 11) is 0. The maximum absolute atomic E-state index is 13.0. The molecule has 28 heavy (non-hydrogen) atoms. The third kappa shape index (κ3) is 3.81. The highest BCUT2D eigenvalue weighted by atomic mass is 19.4. The van der Waals surface area contributed by atoms with Crippen molar-refractivity contribution in [2.45, 2.75) is 26.9 Å². The maximum atomic E-state index is 13.0. The Labute approximate surface area is 160 Å². The number of rotatable bonds is 5. The number of benzene rings is 1. The van der Waals surface area contributed by atoms with Crippen LogP contribution in [-0.4, -0.2) is 28.4 Å². The quantitative estimate of drug-likeness (QED) is 0.683. The van der Waals surface area contributed by atoms with Gasteiger partial charge in [0.1, 0.15) is 11.3 Å². The first-order valence-electron chi connectivity index (χ1n) is 8.96. The SMILES string of the molecule is CCN(CC)c1ccc(NC(=O)c2c(C)nc3ccc(C(F)(F)F)cn23)cc1. The number of carbonyl (C=O) groups is 1. The minimum Gasteiger partial charge on any atom is -0.372 e. The summed E-state index contributed by atoms with van der Waals surface area (Å²) in [5, 5.41) is 2.74. The molecule has 2 aromatic heterocycles. The second kappa shape index (κ2) is 7.53. The van der Waals surface area contributed by atoms with Crippen LogP contribution in [0.2, 0.25) is 0 Å². The average Bonchev–Trinajstić information content (AvgIpc) is 2.98. The van der Waals surface area contributed by atoms with Gasteiger partial charge in [0.15, 0.2) is 0 Å². The monoisotopic (exact) mass is 390 g/mol. The van der Waals surface area contributed by atoms with Gasteiger partial charge in [0, 0.05) is 30.7 Å². The van der Waals surface area contributed by atoms with Gasteiger partial charge in [0.25, 0.3) is 5.91 Å². The lowest BCUT2D eigenvalue weighted by atomic mass is 10.2. The van der Waals surface area contributed by atoms with Crippen LogP contribution in [0.1, 0.15) is 35.6 Å². The number of carbonyl (C=O) groups excluding carboxylic acids is 1. The van der Waals surface area contributed by atoms with E-state index >= 15 is 0 Å². The van der Waals surface area contributed by atoms with Gasteiger partial charge in [-0.3, -0.25) is 9.20 Å². The Hall–Kier alpha value is -3.03. The second-order valence-electron chi connectivity index (χ2n) is 6.36. The van der Waals surface area contributed by atoms with Gasteiger partial charge in [-0.05, 0) is 57.2 Å². The molecule has 1 amide bonds. The van der Waals surface area contributed by atoms with Crippen LogP contribution in [0.5, 0.6) is 0 Å². The summed E-state index contributed by atoms with van der Waals surface area (Å²) in [5.74, 6) is -0.514. The van der Waals surface area contributed by atoms with Gasteiger partial charge in [0.2, 0.25) is 0 Å². The van der Waals surface area contributed by atoms with Crippen LogP contribution in [0, 0.1) is 6.92 Å². The predicted octanol–water partition coefficient (Wildman–Crippen LogP) is 4.76. The predicted molar refractivity (Wildman–Crippen MR) is 103 cm³/mol. The Morgan fingerprint density at radius 1 is 1.11 bits per heavy atom. The van der Waals surface area contributed by atoms with Gasteiger partial charge in [0.05, 0.1) is 11.3 Å². The van der Waals surface area contributed by atoms with E-state index in [2.05, 4.69) is 29.0 Å². The summed E-state index contributed by atoms with van der Waals surface area (Å²) in [6, 6.07) is 9.54. The zero-order chi connectivity index (χ0) is 20.5. The molecule has 5 nitrogen and oxygen atoms in total. The van der Waals surface area contributed by atoms with Crippen molar-refractivity contribution >= 4 is 22.9 Å². The van der Waals surface area contributed by atoms with Crippen molar-refractivity contribution in [2.75, 3.05) is 23.3 Å². The van der Waals surface area contributed by atoms with E-state index in [9.17, 15) is 18.0 Å². The number of pyridine rings is 1. The van der Waals surface area contributed by atoms with Gasteiger partial charge < -0.3 is 10.2 Å². The molecule has 0 aliphatic rings. The molecule has 0 radical (unpaired) electrons. The normalized spacial score (nSPS) is 11.6. The fraction of sp³-hybridized carbons (Fsp3) is 0.300. The minimum atomic E-state index is -4.50. The molecule has 148 valence electrons. The highest BCUT2D eigenvalue weighted by Crippen LogP contribution is 2.30. The first kappa shape index (κ1) is 19.7. The van der Waals surface area contributed by atoms with Crippen molar-refractivity contribution in [1.29, 1.82) is 0 Å². The van der Waals surface area contributed by atoms with E-state index in [-0.39, 0.29) is 11.3 Å². The summed E-state index contributed by atoms with van der Waals surface area (Å²) in [6.45, 7) is 7.44. The molecule has 0 aliphatic heterocycles. The molecule has 0 bridgehead atoms. The number of hydrogen-bond donors (Lipinski definition) is 1. The number of hydrogen-bond acceptors (Lipinski definition) is 3. The average molecular weight is 390 g/mol. The fourth-order valence-corrected chi connectivity index (χ4v) is 3.14. The number of nitrogens with zero attached hydrogens (tertiary/aromatic N) is 3. The molecule has 1 aromatic carbocycles. The number of fused-ring (bicyclic) bond motifs is 1. The van der Waals surface area contributed by atoms with Crippen LogP contribution in [0.15, 0.2) is 42.6 Å². The van der Waals surface area contributed by atoms with E-state index in [4.69, 9.17) is 0 Å². The van der Waals surface area contributed by atoms with Gasteiger partial charge in [-0.15, -0.1) is 0 Å². The third-order valence-corrected chi connectivity index (χ3v) is 4.59. The summed E-state index contributed by atoms with van der Waals surface area (Å²) >= 11 is 0. The smallest absolute Gasteiger partial charge is 0.372 e. The van der Waals surface area contributed by atoms with E-state index in [1.807, 2.05) is 12.1 Å². The van der Waals surface area contributed by atoms with Crippen LogP contribution in [0.3, 0.4) is 0 Å². The zero-order valence-corrected chi connectivity index (χ0v) is 15.8. The van der Waals surface area contributed by atoms with Crippen LogP contribution >= 0.6 is 0 Å². The van der Waals surface area contributed by atoms with Crippen LogP contribution in [0.25, 0.3) is 5.65 Å². The van der Waals surface area contributed by atoms with Crippen molar-refractivity contribution in [3.63, 3.8) is 0 Å². The Bertz CT molecular complexity index is 989. The molecule has 2 heterocycles. The highest BCUT2D eigenvalue weighted by molar-refractivity contribution is 6.04. The lowest BCUT2D eigenvalue weighted by molar-refractivity contribution is -0.137. The Morgan fingerprint density at radius 2 is 1.75 bits per heavy atom. The number of aromatic nitrogens is 2. The van der Waals surface area contributed by atoms with Gasteiger partial charge in [-0.1, -0.05) is 0 Å². The van der Waals surface area contributed by atoms with Crippen molar-refractivity contribution in [2.24, 2.45) is 0 Å². The van der Waals surface area contributed by atoms with Crippen LogP contribution in [0.4, 0.5) is 24.5 Å². The topological polar surface area (TPSA) is 49.6 Å². The summed E-state index contributed by atoms with van der Waals surface area (Å²) in [5.41, 5.74) is 1.47. The van der Waals surface area contributed by atoms with E-state index in [0.29, 0.717) is 11.4 Å². The van der Waals surface area contributed by atoms with Crippen molar-refractivity contribution < 1.29 is 18.0 Å². The third-order valence-electron chi connectivity index (χ3n) is 4.59. The minimum absolute atomic E-state index is 0.0777. The fourth-order valence-electron chi connectivity index (χ4n) is 3.14. The van der Waals surface area contributed by atoms with Gasteiger partial charge >= 0.3 is 6.18 Å². The number of nitrogens with one attached hydrogen (secondary N) is 1. The molecule has 0 unspecified atom stereocenters. The molecule has 8 heteroatoms. The Kier molecular flexibility index (Phi) is 5.31. The first-order chi connectivity index (χ1) is 13.2. The zero-order valence-electron chi connectivity index (χ0n) is 15.8. The largest absolute Gasteiger partial charge is 0.417 e. The number of alkyl halides is 3. The van der Waals surface area contributed by atoms with E-state index in [0.717, 1.165) is 31.0 Å². The molecule has 0 spiro atoms. The van der Waals surface area contributed by atoms with E-state index in [1.165, 1.54) is 10.5 Å². The van der Waals surface area contributed by atoms with Crippen LogP contribution in [-0.2, 0) is 6.18 Å². The molecular formula is C20H21F3N4O. The molecule has 0 atom stereocenters. The number of aryl methyl sites for hydroxylation is 1. The molecular weight excluding hydrogens is 369 g/mol. The molecule has 1 N–H and O–H groups in total. The van der Waals surface area contributed by atoms with Gasteiger partial charge in [-0.2, -0.15) is 13.2 Å². The molecule has 3 aromatic rings. The van der Waals surface area contributed by atoms with Crippen molar-refractivity contribution in [3.8, 4) is 0 Å². The molecule has 3 rings (SSSR count). The van der Waals surface area contributed by atoms with Crippen molar-refractivity contribution in [3.05, 3.63) is 59.5 Å². The van der Waals surface area contributed by atoms with Crippen LogP contribution < -0.4 is 10.2 Å². The second-order valence-corrected chi connectivity index (χ2v) is 6.36. The Balaban J connectivity index is 1.90. The van der Waals surface area contributed by atoms with E-state index < -0.39 is 17.6 Å². The standard InChI is InChI=1S/C20H21F3N4O/c1-4-26(5-2)16-9-7-15(8-10-16)25-19(28)18-13(3)24-17-11-6-14(12-27(17)18)20(21,22)23/h6-12H,4-5H2,1-3H3,(H,25,28). The number of imidazole rings is 1. The van der Waals surface area contributed by atoms with E-state index in [1.54, 1.807) is 19.1 Å². The lowest BCUT2D eigenvalue weighted by Crippen LogP contribution is -2.21. The summed E-state index contributed by atoms with van der Waals surface area (Å²) in [4.78, 5) is 19.1. The molecule has 0 saturated carbocycles.